The SMILES string of the molecule is Cc1cnn(CCC(=O)NCCCc2nc3ccccc3s2)c1. The minimum Gasteiger partial charge on any atom is -0.356 e. The number of aryl methyl sites for hydroxylation is 3. The van der Waals surface area contributed by atoms with E-state index < -0.39 is 0 Å². The number of benzene rings is 1. The van der Waals surface area contributed by atoms with Crippen molar-refractivity contribution in [3.63, 3.8) is 0 Å². The van der Waals surface area contributed by atoms with Gasteiger partial charge in [0, 0.05) is 32.1 Å². The summed E-state index contributed by atoms with van der Waals surface area (Å²) in [5, 5.41) is 8.27. The lowest BCUT2D eigenvalue weighted by atomic mass is 10.3. The summed E-state index contributed by atoms with van der Waals surface area (Å²) in [7, 11) is 0. The summed E-state index contributed by atoms with van der Waals surface area (Å²) in [4.78, 5) is 16.4. The quantitative estimate of drug-likeness (QED) is 0.678. The molecule has 0 saturated carbocycles. The Morgan fingerprint density at radius 3 is 3.00 bits per heavy atom. The van der Waals surface area contributed by atoms with E-state index in [0.717, 1.165) is 28.9 Å². The highest BCUT2D eigenvalue weighted by atomic mass is 32.1. The monoisotopic (exact) mass is 328 g/mol. The van der Waals surface area contributed by atoms with E-state index in [4.69, 9.17) is 0 Å². The second-order valence-electron chi connectivity index (χ2n) is 5.56. The van der Waals surface area contributed by atoms with Gasteiger partial charge in [0.25, 0.3) is 0 Å². The second-order valence-corrected chi connectivity index (χ2v) is 6.67. The summed E-state index contributed by atoms with van der Waals surface area (Å²) in [5.41, 5.74) is 2.17. The van der Waals surface area contributed by atoms with Crippen LogP contribution in [-0.4, -0.2) is 27.2 Å². The van der Waals surface area contributed by atoms with E-state index in [0.29, 0.717) is 19.5 Å². The van der Waals surface area contributed by atoms with Gasteiger partial charge in [-0.3, -0.25) is 9.48 Å². The predicted molar refractivity (Wildman–Crippen MR) is 92.5 cm³/mol. The maximum atomic E-state index is 11.8. The summed E-state index contributed by atoms with van der Waals surface area (Å²) in [6, 6.07) is 8.17. The summed E-state index contributed by atoms with van der Waals surface area (Å²) in [5.74, 6) is 0.0717. The second kappa shape index (κ2) is 7.37. The molecule has 0 radical (unpaired) electrons. The predicted octanol–water partition coefficient (Wildman–Crippen LogP) is 2.94. The topological polar surface area (TPSA) is 59.8 Å². The molecular weight excluding hydrogens is 308 g/mol. The molecule has 0 aliphatic carbocycles. The number of hydrogen-bond acceptors (Lipinski definition) is 4. The van der Waals surface area contributed by atoms with Crippen LogP contribution in [-0.2, 0) is 17.8 Å². The Kier molecular flexibility index (Phi) is 5.02. The first-order valence-electron chi connectivity index (χ1n) is 7.81. The van der Waals surface area contributed by atoms with Crippen molar-refractivity contribution in [1.29, 1.82) is 0 Å². The first kappa shape index (κ1) is 15.7. The molecule has 5 nitrogen and oxygen atoms in total. The Morgan fingerprint density at radius 2 is 2.22 bits per heavy atom. The zero-order valence-corrected chi connectivity index (χ0v) is 14.0. The van der Waals surface area contributed by atoms with Crippen LogP contribution in [0.5, 0.6) is 0 Å². The highest BCUT2D eigenvalue weighted by molar-refractivity contribution is 7.18. The van der Waals surface area contributed by atoms with Gasteiger partial charge in [-0.2, -0.15) is 5.10 Å². The van der Waals surface area contributed by atoms with Crippen molar-refractivity contribution >= 4 is 27.5 Å². The van der Waals surface area contributed by atoms with Gasteiger partial charge < -0.3 is 5.32 Å². The Labute approximate surface area is 139 Å². The first-order chi connectivity index (χ1) is 11.2. The summed E-state index contributed by atoms with van der Waals surface area (Å²) >= 11 is 1.73. The largest absolute Gasteiger partial charge is 0.356 e. The fourth-order valence-corrected chi connectivity index (χ4v) is 3.40. The maximum Gasteiger partial charge on any atom is 0.221 e. The number of nitrogens with one attached hydrogen (secondary N) is 1. The summed E-state index contributed by atoms with van der Waals surface area (Å²) in [6.45, 7) is 3.30. The van der Waals surface area contributed by atoms with Crippen LogP contribution in [0.3, 0.4) is 0 Å². The molecule has 2 heterocycles. The molecule has 120 valence electrons. The standard InChI is InChI=1S/C17H20N4OS/c1-13-11-19-21(12-13)10-8-16(22)18-9-4-7-17-20-14-5-2-3-6-15(14)23-17/h2-3,5-6,11-12H,4,7-10H2,1H3,(H,18,22). The maximum absolute atomic E-state index is 11.8. The fourth-order valence-electron chi connectivity index (χ4n) is 2.39. The smallest absolute Gasteiger partial charge is 0.221 e. The van der Waals surface area contributed by atoms with Gasteiger partial charge in [-0.25, -0.2) is 4.98 Å². The van der Waals surface area contributed by atoms with Gasteiger partial charge >= 0.3 is 0 Å². The Bertz CT molecular complexity index is 760. The van der Waals surface area contributed by atoms with Crippen LogP contribution in [0.25, 0.3) is 10.2 Å². The molecule has 0 aliphatic heterocycles. The molecule has 0 saturated heterocycles. The number of carbonyl (C=O) groups is 1. The Morgan fingerprint density at radius 1 is 1.35 bits per heavy atom. The molecule has 0 spiro atoms. The molecule has 1 N–H and O–H groups in total. The van der Waals surface area contributed by atoms with Crippen molar-refractivity contribution in [3.8, 4) is 0 Å². The number of amides is 1. The van der Waals surface area contributed by atoms with Gasteiger partial charge in [0.05, 0.1) is 21.4 Å². The van der Waals surface area contributed by atoms with Gasteiger partial charge in [0.15, 0.2) is 0 Å². The third kappa shape index (κ3) is 4.39. The zero-order chi connectivity index (χ0) is 16.1. The fraction of sp³-hybridized carbons (Fsp3) is 0.353. The molecule has 0 atom stereocenters. The lowest BCUT2D eigenvalue weighted by molar-refractivity contribution is -0.121. The zero-order valence-electron chi connectivity index (χ0n) is 13.2. The van der Waals surface area contributed by atoms with E-state index in [1.54, 1.807) is 22.2 Å². The lowest BCUT2D eigenvalue weighted by Gasteiger charge is -2.04. The van der Waals surface area contributed by atoms with Crippen molar-refractivity contribution in [2.75, 3.05) is 6.54 Å². The van der Waals surface area contributed by atoms with Crippen molar-refractivity contribution in [3.05, 3.63) is 47.2 Å². The number of hydrogen-bond donors (Lipinski definition) is 1. The number of aromatic nitrogens is 3. The molecule has 3 aromatic rings. The van der Waals surface area contributed by atoms with Crippen LogP contribution in [0.4, 0.5) is 0 Å². The Balaban J connectivity index is 1.36. The Hall–Kier alpha value is -2.21. The molecule has 1 amide bonds. The molecule has 0 aliphatic rings. The molecule has 1 aromatic carbocycles. The number of carbonyl (C=O) groups excluding carboxylic acids is 1. The van der Waals surface area contributed by atoms with E-state index >= 15 is 0 Å². The van der Waals surface area contributed by atoms with Gasteiger partial charge in [-0.15, -0.1) is 11.3 Å². The van der Waals surface area contributed by atoms with Crippen LogP contribution in [0.1, 0.15) is 23.4 Å². The minimum absolute atomic E-state index is 0.0717. The van der Waals surface area contributed by atoms with Gasteiger partial charge in [0.1, 0.15) is 0 Å². The molecule has 0 bridgehead atoms. The average molecular weight is 328 g/mol. The molecule has 0 fully saturated rings. The number of thiazole rings is 1. The van der Waals surface area contributed by atoms with Gasteiger partial charge in [-0.1, -0.05) is 12.1 Å². The third-order valence-corrected chi connectivity index (χ3v) is 4.65. The van der Waals surface area contributed by atoms with E-state index in [-0.39, 0.29) is 5.91 Å². The lowest BCUT2D eigenvalue weighted by Crippen LogP contribution is -2.25. The highest BCUT2D eigenvalue weighted by Gasteiger charge is 2.05. The van der Waals surface area contributed by atoms with Crippen LogP contribution in [0.15, 0.2) is 36.7 Å². The van der Waals surface area contributed by atoms with E-state index in [1.807, 2.05) is 31.3 Å². The van der Waals surface area contributed by atoms with E-state index in [2.05, 4.69) is 21.5 Å². The normalized spacial score (nSPS) is 11.0. The molecular formula is C17H20N4OS. The highest BCUT2D eigenvalue weighted by Crippen LogP contribution is 2.22. The van der Waals surface area contributed by atoms with Crippen LogP contribution in [0.2, 0.25) is 0 Å². The minimum atomic E-state index is 0.0717. The van der Waals surface area contributed by atoms with Crippen molar-refractivity contribution in [2.24, 2.45) is 0 Å². The third-order valence-electron chi connectivity index (χ3n) is 3.56. The van der Waals surface area contributed by atoms with Crippen LogP contribution >= 0.6 is 11.3 Å². The number of fused-ring (bicyclic) bond motifs is 1. The molecule has 3 rings (SSSR count). The summed E-state index contributed by atoms with van der Waals surface area (Å²) < 4.78 is 3.02. The molecule has 6 heteroatoms. The van der Waals surface area contributed by atoms with Crippen LogP contribution < -0.4 is 5.32 Å². The molecule has 23 heavy (non-hydrogen) atoms. The average Bonchev–Trinajstić information content (AvgIpc) is 3.15. The van der Waals surface area contributed by atoms with Gasteiger partial charge in [0.2, 0.25) is 5.91 Å². The summed E-state index contributed by atoms with van der Waals surface area (Å²) in [6.07, 6.45) is 6.02. The van der Waals surface area contributed by atoms with Gasteiger partial charge in [-0.05, 0) is 31.0 Å². The van der Waals surface area contributed by atoms with E-state index in [1.165, 1.54) is 4.70 Å². The number of nitrogens with zero attached hydrogens (tertiary/aromatic N) is 3. The molecule has 0 unspecified atom stereocenters. The number of para-hydroxylation sites is 1. The van der Waals surface area contributed by atoms with Crippen molar-refractivity contribution in [1.82, 2.24) is 20.1 Å². The first-order valence-corrected chi connectivity index (χ1v) is 8.62. The van der Waals surface area contributed by atoms with Crippen molar-refractivity contribution in [2.45, 2.75) is 32.7 Å². The van der Waals surface area contributed by atoms with Crippen molar-refractivity contribution < 1.29 is 4.79 Å². The van der Waals surface area contributed by atoms with E-state index in [9.17, 15) is 4.79 Å². The molecule has 2 aromatic heterocycles. The number of rotatable bonds is 7. The van der Waals surface area contributed by atoms with Crippen LogP contribution in [0, 0.1) is 6.92 Å².